The topological polar surface area (TPSA) is 70.5 Å². The van der Waals surface area contributed by atoms with Gasteiger partial charge in [-0.15, -0.1) is 10.2 Å². The minimum absolute atomic E-state index is 0.433. The number of ether oxygens (including phenoxy) is 2. The quantitative estimate of drug-likeness (QED) is 0.732. The maximum absolute atomic E-state index is 5.73. The van der Waals surface area contributed by atoms with E-state index in [1.54, 1.807) is 39.4 Å². The van der Waals surface area contributed by atoms with Crippen LogP contribution in [0.4, 0.5) is 0 Å². The maximum atomic E-state index is 5.73. The van der Waals surface area contributed by atoms with Gasteiger partial charge in [-0.1, -0.05) is 0 Å². The first-order valence-electron chi connectivity index (χ1n) is 6.33. The molecule has 0 unspecified atom stereocenters. The third kappa shape index (κ3) is 2.60. The fourth-order valence-electron chi connectivity index (χ4n) is 2.00. The predicted octanol–water partition coefficient (Wildman–Crippen LogP) is 3.31. The number of benzene rings is 1. The molecule has 0 fully saturated rings. The van der Waals surface area contributed by atoms with Crippen molar-refractivity contribution < 1.29 is 18.3 Å². The van der Waals surface area contributed by atoms with Crippen LogP contribution in [0.2, 0.25) is 0 Å². The van der Waals surface area contributed by atoms with E-state index in [1.807, 2.05) is 12.1 Å². The van der Waals surface area contributed by atoms with Crippen molar-refractivity contribution >= 4 is 23.1 Å². The first-order chi connectivity index (χ1) is 10.2. The molecule has 0 saturated carbocycles. The van der Waals surface area contributed by atoms with Gasteiger partial charge in [0.2, 0.25) is 11.8 Å². The van der Waals surface area contributed by atoms with Crippen LogP contribution in [0.3, 0.4) is 0 Å². The van der Waals surface area contributed by atoms with Gasteiger partial charge < -0.3 is 18.3 Å². The Bertz CT molecular complexity index is 760. The molecule has 21 heavy (non-hydrogen) atoms. The lowest BCUT2D eigenvalue weighted by Gasteiger charge is -2.06. The minimum atomic E-state index is 0.433. The number of hydrogen-bond donors (Lipinski definition) is 0. The maximum Gasteiger partial charge on any atom is 0.240 e. The summed E-state index contributed by atoms with van der Waals surface area (Å²) in [6, 6.07) is 5.56. The first-order valence-corrected chi connectivity index (χ1v) is 6.33. The van der Waals surface area contributed by atoms with E-state index >= 15 is 0 Å². The molecule has 0 aliphatic rings. The third-order valence-electron chi connectivity index (χ3n) is 2.97. The van der Waals surface area contributed by atoms with Crippen molar-refractivity contribution in [1.29, 1.82) is 0 Å². The summed E-state index contributed by atoms with van der Waals surface area (Å²) in [4.78, 5) is 0. The van der Waals surface area contributed by atoms with E-state index in [2.05, 4.69) is 10.2 Å². The Morgan fingerprint density at radius 1 is 0.952 bits per heavy atom. The normalized spacial score (nSPS) is 11.4. The van der Waals surface area contributed by atoms with E-state index in [0.29, 0.717) is 34.6 Å². The number of nitrogens with zero attached hydrogens (tertiary/aromatic N) is 2. The monoisotopic (exact) mass is 286 g/mol. The van der Waals surface area contributed by atoms with Crippen LogP contribution in [-0.4, -0.2) is 24.4 Å². The van der Waals surface area contributed by atoms with Crippen molar-refractivity contribution in [2.24, 2.45) is 0 Å². The summed E-state index contributed by atoms with van der Waals surface area (Å²) >= 11 is 0. The lowest BCUT2D eigenvalue weighted by molar-refractivity contribution is 0.355. The molecule has 0 aliphatic carbocycles. The van der Waals surface area contributed by atoms with Gasteiger partial charge in [0, 0.05) is 24.5 Å². The van der Waals surface area contributed by atoms with Crippen molar-refractivity contribution in [1.82, 2.24) is 10.2 Å². The SMILES string of the molecule is COc1cc2cc(/C=C/c3nnc(C)o3)oc2cc1OC. The number of methoxy groups -OCH3 is 2. The lowest BCUT2D eigenvalue weighted by Crippen LogP contribution is -1.89. The second-order valence-corrected chi connectivity index (χ2v) is 4.39. The van der Waals surface area contributed by atoms with Crippen molar-refractivity contribution in [3.05, 3.63) is 35.7 Å². The highest BCUT2D eigenvalue weighted by molar-refractivity contribution is 5.84. The summed E-state index contributed by atoms with van der Waals surface area (Å²) in [5, 5.41) is 8.56. The van der Waals surface area contributed by atoms with Gasteiger partial charge in [0.05, 0.1) is 14.2 Å². The van der Waals surface area contributed by atoms with Crippen LogP contribution in [0.5, 0.6) is 11.5 Å². The highest BCUT2D eigenvalue weighted by atomic mass is 16.5. The van der Waals surface area contributed by atoms with E-state index in [-0.39, 0.29) is 0 Å². The molecule has 3 aromatic rings. The average molecular weight is 286 g/mol. The summed E-state index contributed by atoms with van der Waals surface area (Å²) < 4.78 is 21.5. The predicted molar refractivity (Wildman–Crippen MR) is 77.3 cm³/mol. The Morgan fingerprint density at radius 3 is 2.38 bits per heavy atom. The van der Waals surface area contributed by atoms with Crippen LogP contribution in [-0.2, 0) is 0 Å². The Morgan fingerprint density at radius 2 is 1.71 bits per heavy atom. The average Bonchev–Trinajstić information content (AvgIpc) is 3.08. The molecule has 6 heteroatoms. The molecule has 0 aliphatic heterocycles. The summed E-state index contributed by atoms with van der Waals surface area (Å²) in [5.41, 5.74) is 0.717. The Labute approximate surface area is 121 Å². The number of hydrogen-bond acceptors (Lipinski definition) is 6. The van der Waals surface area contributed by atoms with Gasteiger partial charge >= 0.3 is 0 Å². The zero-order valence-electron chi connectivity index (χ0n) is 11.9. The fraction of sp³-hybridized carbons (Fsp3) is 0.200. The molecule has 0 N–H and O–H groups in total. The van der Waals surface area contributed by atoms with Crippen molar-refractivity contribution in [3.63, 3.8) is 0 Å². The van der Waals surface area contributed by atoms with Crippen molar-refractivity contribution in [2.45, 2.75) is 6.92 Å². The van der Waals surface area contributed by atoms with Gasteiger partial charge in [0.15, 0.2) is 11.5 Å². The van der Waals surface area contributed by atoms with Crippen LogP contribution in [0, 0.1) is 6.92 Å². The van der Waals surface area contributed by atoms with Gasteiger partial charge in [-0.2, -0.15) is 0 Å². The lowest BCUT2D eigenvalue weighted by atomic mass is 10.2. The molecule has 2 aromatic heterocycles. The molecule has 3 rings (SSSR count). The molecule has 0 bridgehead atoms. The fourth-order valence-corrected chi connectivity index (χ4v) is 2.00. The smallest absolute Gasteiger partial charge is 0.240 e. The van der Waals surface area contributed by atoms with E-state index in [4.69, 9.17) is 18.3 Å². The first kappa shape index (κ1) is 13.2. The van der Waals surface area contributed by atoms with E-state index in [9.17, 15) is 0 Å². The number of fused-ring (bicyclic) bond motifs is 1. The minimum Gasteiger partial charge on any atom is -0.493 e. The summed E-state index contributed by atoms with van der Waals surface area (Å²) in [5.74, 6) is 2.92. The second kappa shape index (κ2) is 5.32. The van der Waals surface area contributed by atoms with E-state index in [1.165, 1.54) is 0 Å². The third-order valence-corrected chi connectivity index (χ3v) is 2.97. The highest BCUT2D eigenvalue weighted by Gasteiger charge is 2.09. The molecule has 1 aromatic carbocycles. The number of aryl methyl sites for hydroxylation is 1. The summed E-state index contributed by atoms with van der Waals surface area (Å²) in [6.45, 7) is 1.74. The van der Waals surface area contributed by atoms with Gasteiger partial charge in [-0.25, -0.2) is 0 Å². The molecule has 0 amide bonds. The van der Waals surface area contributed by atoms with Gasteiger partial charge in [0.25, 0.3) is 0 Å². The van der Waals surface area contributed by atoms with Gasteiger partial charge in [-0.3, -0.25) is 0 Å². The molecule has 0 spiro atoms. The van der Waals surface area contributed by atoms with Crippen LogP contribution in [0.25, 0.3) is 23.1 Å². The molecule has 0 saturated heterocycles. The Hall–Kier alpha value is -2.76. The van der Waals surface area contributed by atoms with E-state index < -0.39 is 0 Å². The standard InChI is InChI=1S/C15H14N2O4/c1-9-16-17-15(20-9)5-4-11-6-10-7-13(18-2)14(19-3)8-12(10)21-11/h4-8H,1-3H3/b5-4+. The highest BCUT2D eigenvalue weighted by Crippen LogP contribution is 2.34. The van der Waals surface area contributed by atoms with Crippen LogP contribution in [0.1, 0.15) is 17.5 Å². The van der Waals surface area contributed by atoms with Crippen molar-refractivity contribution in [2.75, 3.05) is 14.2 Å². The summed E-state index contributed by atoms with van der Waals surface area (Å²) in [7, 11) is 3.19. The largest absolute Gasteiger partial charge is 0.493 e. The second-order valence-electron chi connectivity index (χ2n) is 4.39. The number of rotatable bonds is 4. The zero-order valence-corrected chi connectivity index (χ0v) is 11.9. The molecule has 0 atom stereocenters. The van der Waals surface area contributed by atoms with Crippen LogP contribution < -0.4 is 9.47 Å². The van der Waals surface area contributed by atoms with Gasteiger partial charge in [-0.05, 0) is 18.2 Å². The molecule has 2 heterocycles. The van der Waals surface area contributed by atoms with Crippen LogP contribution >= 0.6 is 0 Å². The zero-order chi connectivity index (χ0) is 14.8. The molecule has 108 valence electrons. The Kier molecular flexibility index (Phi) is 3.35. The Balaban J connectivity index is 1.95. The molecule has 6 nitrogen and oxygen atoms in total. The molecular formula is C15H14N2O4. The number of aromatic nitrogens is 2. The number of furan rings is 1. The summed E-state index contributed by atoms with van der Waals surface area (Å²) in [6.07, 6.45) is 3.47. The van der Waals surface area contributed by atoms with E-state index in [0.717, 1.165) is 5.39 Å². The van der Waals surface area contributed by atoms with Gasteiger partial charge in [0.1, 0.15) is 11.3 Å². The molecular weight excluding hydrogens is 272 g/mol. The molecule has 0 radical (unpaired) electrons. The van der Waals surface area contributed by atoms with Crippen molar-refractivity contribution in [3.8, 4) is 11.5 Å². The van der Waals surface area contributed by atoms with Crippen LogP contribution in [0.15, 0.2) is 27.0 Å².